The molecule has 0 aliphatic carbocycles. The molecule has 0 unspecified atom stereocenters. The van der Waals surface area contributed by atoms with Crippen molar-refractivity contribution in [1.82, 2.24) is 0 Å². The summed E-state index contributed by atoms with van der Waals surface area (Å²) in [5.41, 5.74) is 1.18. The van der Waals surface area contributed by atoms with E-state index in [4.69, 9.17) is 27.9 Å². The highest BCUT2D eigenvalue weighted by Gasteiger charge is 2.16. The smallest absolute Gasteiger partial charge is 0.265 e. The number of benzene rings is 2. The summed E-state index contributed by atoms with van der Waals surface area (Å²) in [6.07, 6.45) is -0.748. The predicted octanol–water partition coefficient (Wildman–Crippen LogP) is 4.85. The van der Waals surface area contributed by atoms with Crippen LogP contribution in [0.1, 0.15) is 12.5 Å². The Kier molecular flexibility index (Phi) is 5.27. The summed E-state index contributed by atoms with van der Waals surface area (Å²) in [5.74, 6) is -0.320. The van der Waals surface area contributed by atoms with Crippen LogP contribution in [-0.2, 0) is 4.79 Å². The Bertz CT molecular complexity index is 707. The maximum atomic E-state index is 13.0. The van der Waals surface area contributed by atoms with Gasteiger partial charge in [-0.15, -0.1) is 0 Å². The second-order valence-electron chi connectivity index (χ2n) is 4.78. The molecule has 2 rings (SSSR count). The van der Waals surface area contributed by atoms with Crippen LogP contribution in [0.3, 0.4) is 0 Å². The van der Waals surface area contributed by atoms with E-state index in [1.807, 2.05) is 6.92 Å². The predicted molar refractivity (Wildman–Crippen MR) is 86.3 cm³/mol. The van der Waals surface area contributed by atoms with Crippen LogP contribution in [0.25, 0.3) is 0 Å². The molecule has 0 saturated carbocycles. The number of amides is 1. The Morgan fingerprint density at radius 1 is 1.18 bits per heavy atom. The van der Waals surface area contributed by atoms with Gasteiger partial charge in [0.15, 0.2) is 6.10 Å². The van der Waals surface area contributed by atoms with Crippen LogP contribution in [-0.4, -0.2) is 12.0 Å². The average Bonchev–Trinajstić information content (AvgIpc) is 2.45. The van der Waals surface area contributed by atoms with E-state index in [1.54, 1.807) is 25.1 Å². The van der Waals surface area contributed by atoms with Crippen molar-refractivity contribution in [2.45, 2.75) is 20.0 Å². The highest BCUT2D eigenvalue weighted by Crippen LogP contribution is 2.24. The second kappa shape index (κ2) is 6.99. The van der Waals surface area contributed by atoms with Gasteiger partial charge in [-0.3, -0.25) is 4.79 Å². The van der Waals surface area contributed by atoms with Gasteiger partial charge in [0.2, 0.25) is 0 Å². The molecule has 0 fully saturated rings. The molecule has 3 nitrogen and oxygen atoms in total. The van der Waals surface area contributed by atoms with Crippen molar-refractivity contribution >= 4 is 34.8 Å². The number of aryl methyl sites for hydroxylation is 1. The molecule has 0 radical (unpaired) electrons. The SMILES string of the molecule is Cc1cc(O[C@H](C)C(=O)Nc2ccc(F)cc2Cl)ccc1Cl. The molecule has 0 saturated heterocycles. The molecule has 116 valence electrons. The number of halogens is 3. The Labute approximate surface area is 138 Å². The summed E-state index contributed by atoms with van der Waals surface area (Å²) >= 11 is 11.8. The lowest BCUT2D eigenvalue weighted by Crippen LogP contribution is -2.30. The van der Waals surface area contributed by atoms with Crippen LogP contribution in [0, 0.1) is 12.7 Å². The van der Waals surface area contributed by atoms with E-state index in [0.29, 0.717) is 16.5 Å². The van der Waals surface area contributed by atoms with E-state index < -0.39 is 11.9 Å². The number of carbonyl (C=O) groups is 1. The summed E-state index contributed by atoms with van der Waals surface area (Å²) < 4.78 is 18.5. The van der Waals surface area contributed by atoms with Crippen molar-refractivity contribution in [2.24, 2.45) is 0 Å². The van der Waals surface area contributed by atoms with Gasteiger partial charge < -0.3 is 10.1 Å². The fraction of sp³-hybridized carbons (Fsp3) is 0.188. The first kappa shape index (κ1) is 16.6. The number of rotatable bonds is 4. The third kappa shape index (κ3) is 4.12. The van der Waals surface area contributed by atoms with Crippen molar-refractivity contribution in [3.8, 4) is 5.75 Å². The van der Waals surface area contributed by atoms with Crippen LogP contribution in [0.2, 0.25) is 10.0 Å². The zero-order valence-corrected chi connectivity index (χ0v) is 13.5. The van der Waals surface area contributed by atoms with Crippen LogP contribution >= 0.6 is 23.2 Å². The minimum atomic E-state index is -0.748. The summed E-state index contributed by atoms with van der Waals surface area (Å²) in [7, 11) is 0. The van der Waals surface area contributed by atoms with Crippen molar-refractivity contribution in [3.05, 3.63) is 57.8 Å². The molecule has 0 aromatic heterocycles. The third-order valence-electron chi connectivity index (χ3n) is 3.00. The van der Waals surface area contributed by atoms with Gasteiger partial charge in [0.25, 0.3) is 5.91 Å². The molecule has 2 aromatic carbocycles. The van der Waals surface area contributed by atoms with Crippen LogP contribution in [0.15, 0.2) is 36.4 Å². The summed E-state index contributed by atoms with van der Waals surface area (Å²) in [5, 5.41) is 3.35. The highest BCUT2D eigenvalue weighted by molar-refractivity contribution is 6.33. The lowest BCUT2D eigenvalue weighted by molar-refractivity contribution is -0.122. The molecule has 1 atom stereocenters. The van der Waals surface area contributed by atoms with Crippen LogP contribution in [0.5, 0.6) is 5.75 Å². The fourth-order valence-corrected chi connectivity index (χ4v) is 2.11. The largest absolute Gasteiger partial charge is 0.481 e. The van der Waals surface area contributed by atoms with E-state index in [2.05, 4.69) is 5.32 Å². The zero-order chi connectivity index (χ0) is 16.3. The van der Waals surface area contributed by atoms with Crippen LogP contribution in [0.4, 0.5) is 10.1 Å². The van der Waals surface area contributed by atoms with Crippen molar-refractivity contribution in [3.63, 3.8) is 0 Å². The molecule has 6 heteroatoms. The standard InChI is InChI=1S/C16H14Cl2FNO2/c1-9-7-12(4-5-13(9)17)22-10(2)16(21)20-15-6-3-11(19)8-14(15)18/h3-8,10H,1-2H3,(H,20,21)/t10-/m1/s1. The Morgan fingerprint density at radius 3 is 2.55 bits per heavy atom. The maximum absolute atomic E-state index is 13.0. The zero-order valence-electron chi connectivity index (χ0n) is 12.0. The molecule has 0 aliphatic rings. The van der Waals surface area contributed by atoms with Gasteiger partial charge in [0.1, 0.15) is 11.6 Å². The first-order valence-electron chi connectivity index (χ1n) is 6.55. The average molecular weight is 342 g/mol. The fourth-order valence-electron chi connectivity index (χ4n) is 1.77. The molecular weight excluding hydrogens is 328 g/mol. The molecular formula is C16H14Cl2FNO2. The van der Waals surface area contributed by atoms with Gasteiger partial charge in [0, 0.05) is 5.02 Å². The van der Waals surface area contributed by atoms with Gasteiger partial charge in [-0.1, -0.05) is 23.2 Å². The van der Waals surface area contributed by atoms with Crippen molar-refractivity contribution < 1.29 is 13.9 Å². The molecule has 0 bridgehead atoms. The highest BCUT2D eigenvalue weighted by atomic mass is 35.5. The topological polar surface area (TPSA) is 38.3 Å². The molecule has 2 aromatic rings. The van der Waals surface area contributed by atoms with Crippen molar-refractivity contribution in [2.75, 3.05) is 5.32 Å². The first-order chi connectivity index (χ1) is 10.4. The number of nitrogens with one attached hydrogen (secondary N) is 1. The molecule has 0 aliphatic heterocycles. The van der Waals surface area contributed by atoms with E-state index in [1.165, 1.54) is 12.1 Å². The monoisotopic (exact) mass is 341 g/mol. The van der Waals surface area contributed by atoms with Gasteiger partial charge in [-0.25, -0.2) is 4.39 Å². The maximum Gasteiger partial charge on any atom is 0.265 e. The number of ether oxygens (including phenoxy) is 1. The first-order valence-corrected chi connectivity index (χ1v) is 7.31. The number of hydrogen-bond acceptors (Lipinski definition) is 2. The third-order valence-corrected chi connectivity index (χ3v) is 3.74. The number of hydrogen-bond donors (Lipinski definition) is 1. The Hall–Kier alpha value is -1.78. The van der Waals surface area contributed by atoms with E-state index >= 15 is 0 Å². The minimum absolute atomic E-state index is 0.128. The second-order valence-corrected chi connectivity index (χ2v) is 5.60. The summed E-state index contributed by atoms with van der Waals surface area (Å²) in [6, 6.07) is 8.88. The van der Waals surface area contributed by atoms with E-state index in [-0.39, 0.29) is 10.9 Å². The normalized spacial score (nSPS) is 11.9. The summed E-state index contributed by atoms with van der Waals surface area (Å²) in [4.78, 5) is 12.1. The summed E-state index contributed by atoms with van der Waals surface area (Å²) in [6.45, 7) is 3.45. The lowest BCUT2D eigenvalue weighted by atomic mass is 10.2. The Morgan fingerprint density at radius 2 is 1.91 bits per heavy atom. The van der Waals surface area contributed by atoms with E-state index in [9.17, 15) is 9.18 Å². The van der Waals surface area contributed by atoms with Gasteiger partial charge in [0.05, 0.1) is 10.7 Å². The number of anilines is 1. The molecule has 22 heavy (non-hydrogen) atoms. The molecule has 1 N–H and O–H groups in total. The Balaban J connectivity index is 2.04. The molecule has 0 heterocycles. The minimum Gasteiger partial charge on any atom is -0.481 e. The quantitative estimate of drug-likeness (QED) is 0.863. The van der Waals surface area contributed by atoms with Crippen molar-refractivity contribution in [1.29, 1.82) is 0 Å². The van der Waals surface area contributed by atoms with Gasteiger partial charge in [-0.2, -0.15) is 0 Å². The van der Waals surface area contributed by atoms with E-state index in [0.717, 1.165) is 11.6 Å². The van der Waals surface area contributed by atoms with Crippen LogP contribution < -0.4 is 10.1 Å². The molecule has 1 amide bonds. The number of carbonyl (C=O) groups excluding carboxylic acids is 1. The molecule has 0 spiro atoms. The van der Waals surface area contributed by atoms with Gasteiger partial charge >= 0.3 is 0 Å². The van der Waals surface area contributed by atoms with Gasteiger partial charge in [-0.05, 0) is 55.8 Å². The lowest BCUT2D eigenvalue weighted by Gasteiger charge is -2.16.